The van der Waals surface area contributed by atoms with E-state index in [4.69, 9.17) is 4.74 Å². The second-order valence-electron chi connectivity index (χ2n) is 4.56. The van der Waals surface area contributed by atoms with E-state index in [9.17, 15) is 14.7 Å². The van der Waals surface area contributed by atoms with Gasteiger partial charge in [0.15, 0.2) is 0 Å². The Morgan fingerprint density at radius 2 is 2.05 bits per heavy atom. The van der Waals surface area contributed by atoms with Crippen LogP contribution >= 0.6 is 0 Å². The molecule has 5 heteroatoms. The Kier molecular flexibility index (Phi) is 6.29. The molecule has 0 aromatic rings. The van der Waals surface area contributed by atoms with Crippen LogP contribution in [-0.4, -0.2) is 48.7 Å². The van der Waals surface area contributed by atoms with Gasteiger partial charge in [0.2, 0.25) is 5.91 Å². The second kappa shape index (κ2) is 7.74. The minimum Gasteiger partial charge on any atom is -0.481 e. The molecule has 0 fully saturated rings. The number of methoxy groups -OCH3 is 1. The van der Waals surface area contributed by atoms with Crippen LogP contribution in [0, 0.1) is 11.8 Å². The molecule has 0 heterocycles. The third-order valence-electron chi connectivity index (χ3n) is 3.29. The zero-order chi connectivity index (χ0) is 14.3. The van der Waals surface area contributed by atoms with Crippen LogP contribution in [0.15, 0.2) is 24.8 Å². The van der Waals surface area contributed by atoms with Crippen LogP contribution < -0.4 is 0 Å². The number of carbonyl (C=O) groups excluding carboxylic acids is 1. The standard InChI is InChI=1S/C14H21NO4/c1-3-8-15(9-10-19-2)13(16)11-6-4-5-7-12(11)14(17)18/h3-5,11-12H,1,6-10H2,2H3,(H,17,18). The molecule has 0 aliphatic heterocycles. The molecule has 19 heavy (non-hydrogen) atoms. The van der Waals surface area contributed by atoms with E-state index in [1.165, 1.54) is 0 Å². The number of hydrogen-bond donors (Lipinski definition) is 1. The maximum atomic E-state index is 12.4. The van der Waals surface area contributed by atoms with Crippen molar-refractivity contribution in [3.8, 4) is 0 Å². The first-order valence-corrected chi connectivity index (χ1v) is 6.38. The van der Waals surface area contributed by atoms with E-state index < -0.39 is 17.8 Å². The molecule has 1 aliphatic carbocycles. The molecule has 1 aliphatic rings. The Balaban J connectivity index is 2.78. The quantitative estimate of drug-likeness (QED) is 0.706. The van der Waals surface area contributed by atoms with Crippen LogP contribution in [0.3, 0.4) is 0 Å². The monoisotopic (exact) mass is 267 g/mol. The zero-order valence-corrected chi connectivity index (χ0v) is 11.2. The average molecular weight is 267 g/mol. The summed E-state index contributed by atoms with van der Waals surface area (Å²) < 4.78 is 4.97. The fourth-order valence-corrected chi connectivity index (χ4v) is 2.24. The second-order valence-corrected chi connectivity index (χ2v) is 4.56. The van der Waals surface area contributed by atoms with E-state index >= 15 is 0 Å². The Labute approximate surface area is 113 Å². The maximum Gasteiger partial charge on any atom is 0.307 e. The largest absolute Gasteiger partial charge is 0.481 e. The van der Waals surface area contributed by atoms with Gasteiger partial charge in [-0.3, -0.25) is 9.59 Å². The van der Waals surface area contributed by atoms with Gasteiger partial charge in [-0.05, 0) is 12.8 Å². The van der Waals surface area contributed by atoms with Gasteiger partial charge in [-0.1, -0.05) is 18.2 Å². The lowest BCUT2D eigenvalue weighted by atomic mass is 9.82. The number of carbonyl (C=O) groups is 2. The summed E-state index contributed by atoms with van der Waals surface area (Å²) in [6.45, 7) is 4.92. The van der Waals surface area contributed by atoms with Crippen molar-refractivity contribution in [1.82, 2.24) is 4.90 Å². The number of carboxylic acids is 1. The van der Waals surface area contributed by atoms with E-state index in [0.29, 0.717) is 32.5 Å². The summed E-state index contributed by atoms with van der Waals surface area (Å²) in [5.41, 5.74) is 0. The molecule has 1 rings (SSSR count). The lowest BCUT2D eigenvalue weighted by Crippen LogP contribution is -2.43. The molecular weight excluding hydrogens is 246 g/mol. The first-order valence-electron chi connectivity index (χ1n) is 6.38. The van der Waals surface area contributed by atoms with E-state index in [0.717, 1.165) is 0 Å². The van der Waals surface area contributed by atoms with E-state index in [2.05, 4.69) is 6.58 Å². The summed E-state index contributed by atoms with van der Waals surface area (Å²) >= 11 is 0. The van der Waals surface area contributed by atoms with Crippen LogP contribution in [0.5, 0.6) is 0 Å². The normalized spacial score (nSPS) is 21.9. The van der Waals surface area contributed by atoms with Gasteiger partial charge in [-0.15, -0.1) is 6.58 Å². The summed E-state index contributed by atoms with van der Waals surface area (Å²) in [6, 6.07) is 0. The molecule has 0 aromatic carbocycles. The molecule has 1 N–H and O–H groups in total. The number of hydrogen-bond acceptors (Lipinski definition) is 3. The maximum absolute atomic E-state index is 12.4. The molecule has 0 spiro atoms. The molecule has 0 aromatic heterocycles. The number of aliphatic carboxylic acids is 1. The Morgan fingerprint density at radius 3 is 2.58 bits per heavy atom. The molecule has 2 unspecified atom stereocenters. The first-order chi connectivity index (χ1) is 9.11. The first kappa shape index (κ1) is 15.4. The third kappa shape index (κ3) is 4.21. The van der Waals surface area contributed by atoms with E-state index in [1.54, 1.807) is 18.1 Å². The van der Waals surface area contributed by atoms with Gasteiger partial charge in [0.25, 0.3) is 0 Å². The lowest BCUT2D eigenvalue weighted by molar-refractivity contribution is -0.150. The van der Waals surface area contributed by atoms with Crippen molar-refractivity contribution in [3.63, 3.8) is 0 Å². The van der Waals surface area contributed by atoms with Gasteiger partial charge < -0.3 is 14.7 Å². The highest BCUT2D eigenvalue weighted by Gasteiger charge is 2.35. The highest BCUT2D eigenvalue weighted by Crippen LogP contribution is 2.27. The van der Waals surface area contributed by atoms with Crippen molar-refractivity contribution in [1.29, 1.82) is 0 Å². The zero-order valence-electron chi connectivity index (χ0n) is 11.2. The van der Waals surface area contributed by atoms with Crippen LogP contribution in [0.25, 0.3) is 0 Å². The van der Waals surface area contributed by atoms with Crippen molar-refractivity contribution >= 4 is 11.9 Å². The average Bonchev–Trinajstić information content (AvgIpc) is 2.42. The van der Waals surface area contributed by atoms with Gasteiger partial charge in [0, 0.05) is 20.2 Å². The summed E-state index contributed by atoms with van der Waals surface area (Å²) in [6.07, 6.45) is 6.25. The predicted molar refractivity (Wildman–Crippen MR) is 71.6 cm³/mol. The van der Waals surface area contributed by atoms with Gasteiger partial charge in [0.1, 0.15) is 0 Å². The minimum atomic E-state index is -0.909. The molecule has 2 atom stereocenters. The molecule has 0 saturated heterocycles. The van der Waals surface area contributed by atoms with Crippen molar-refractivity contribution in [2.75, 3.05) is 26.8 Å². The van der Waals surface area contributed by atoms with Gasteiger partial charge in [-0.2, -0.15) is 0 Å². The molecule has 1 amide bonds. The fourth-order valence-electron chi connectivity index (χ4n) is 2.24. The number of rotatable bonds is 7. The van der Waals surface area contributed by atoms with Gasteiger partial charge in [0.05, 0.1) is 18.4 Å². The third-order valence-corrected chi connectivity index (χ3v) is 3.29. The number of ether oxygens (including phenoxy) is 1. The van der Waals surface area contributed by atoms with Crippen LogP contribution in [0.1, 0.15) is 12.8 Å². The van der Waals surface area contributed by atoms with E-state index in [-0.39, 0.29) is 5.91 Å². The fraction of sp³-hybridized carbons (Fsp3) is 0.571. The minimum absolute atomic E-state index is 0.131. The SMILES string of the molecule is C=CCN(CCOC)C(=O)C1CC=CCC1C(=O)O. The van der Waals surface area contributed by atoms with Crippen molar-refractivity contribution in [2.45, 2.75) is 12.8 Å². The summed E-state index contributed by atoms with van der Waals surface area (Å²) in [7, 11) is 1.57. The molecule has 0 bridgehead atoms. The number of nitrogens with zero attached hydrogens (tertiary/aromatic N) is 1. The number of carboxylic acid groups (broad SMARTS) is 1. The molecular formula is C14H21NO4. The Bertz CT molecular complexity index is 364. The smallest absolute Gasteiger partial charge is 0.307 e. The highest BCUT2D eigenvalue weighted by molar-refractivity contribution is 5.85. The summed E-state index contributed by atoms with van der Waals surface area (Å²) in [5, 5.41) is 9.20. The summed E-state index contributed by atoms with van der Waals surface area (Å²) in [5.74, 6) is -2.16. The van der Waals surface area contributed by atoms with Gasteiger partial charge >= 0.3 is 5.97 Å². The highest BCUT2D eigenvalue weighted by atomic mass is 16.5. The molecule has 106 valence electrons. The van der Waals surface area contributed by atoms with Crippen LogP contribution in [0.4, 0.5) is 0 Å². The lowest BCUT2D eigenvalue weighted by Gasteiger charge is -2.30. The molecule has 0 saturated carbocycles. The van der Waals surface area contributed by atoms with Crippen molar-refractivity contribution in [3.05, 3.63) is 24.8 Å². The van der Waals surface area contributed by atoms with E-state index in [1.807, 2.05) is 12.2 Å². The summed E-state index contributed by atoms with van der Waals surface area (Å²) in [4.78, 5) is 25.3. The predicted octanol–water partition coefficient (Wildman–Crippen LogP) is 1.31. The van der Waals surface area contributed by atoms with Gasteiger partial charge in [-0.25, -0.2) is 0 Å². The number of amides is 1. The topological polar surface area (TPSA) is 66.8 Å². The molecule has 0 radical (unpaired) electrons. The van der Waals surface area contributed by atoms with Crippen LogP contribution in [-0.2, 0) is 14.3 Å². The molecule has 5 nitrogen and oxygen atoms in total. The van der Waals surface area contributed by atoms with Crippen molar-refractivity contribution < 1.29 is 19.4 Å². The Hall–Kier alpha value is -1.62. The number of allylic oxidation sites excluding steroid dienone is 2. The van der Waals surface area contributed by atoms with Crippen molar-refractivity contribution in [2.24, 2.45) is 11.8 Å². The van der Waals surface area contributed by atoms with Crippen LogP contribution in [0.2, 0.25) is 0 Å². The Morgan fingerprint density at radius 1 is 1.42 bits per heavy atom.